The van der Waals surface area contributed by atoms with Gasteiger partial charge in [0.15, 0.2) is 5.75 Å². The van der Waals surface area contributed by atoms with E-state index in [1.807, 2.05) is 13.8 Å². The third-order valence-corrected chi connectivity index (χ3v) is 6.99. The van der Waals surface area contributed by atoms with Crippen molar-refractivity contribution in [1.82, 2.24) is 0 Å². The Bertz CT molecular complexity index is 1260. The summed E-state index contributed by atoms with van der Waals surface area (Å²) in [6.45, 7) is 3.57. The number of anilines is 2. The number of amides is 1. The fourth-order valence-electron chi connectivity index (χ4n) is 3.05. The van der Waals surface area contributed by atoms with Crippen LogP contribution in [-0.4, -0.2) is 28.0 Å². The van der Waals surface area contributed by atoms with E-state index in [1.165, 1.54) is 31.4 Å². The molecule has 168 valence electrons. The summed E-state index contributed by atoms with van der Waals surface area (Å²) in [5, 5.41) is 6.37. The number of sulfone groups is 1. The van der Waals surface area contributed by atoms with Crippen LogP contribution in [0.1, 0.15) is 11.1 Å². The molecular weight excluding hydrogens is 471 g/mol. The molecule has 0 saturated heterocycles. The van der Waals surface area contributed by atoms with Gasteiger partial charge < -0.3 is 15.4 Å². The van der Waals surface area contributed by atoms with E-state index >= 15 is 0 Å². The quantitative estimate of drug-likeness (QED) is 0.454. The van der Waals surface area contributed by atoms with Crippen molar-refractivity contribution in [2.45, 2.75) is 23.6 Å². The Balaban J connectivity index is 1.88. The van der Waals surface area contributed by atoms with Crippen LogP contribution in [-0.2, 0) is 14.6 Å². The minimum atomic E-state index is -3.91. The van der Waals surface area contributed by atoms with E-state index < -0.39 is 9.84 Å². The number of hydrogen-bond acceptors (Lipinski definition) is 5. The van der Waals surface area contributed by atoms with Gasteiger partial charge in [-0.25, -0.2) is 8.42 Å². The smallest absolute Gasteiger partial charge is 0.243 e. The second kappa shape index (κ2) is 9.81. The third kappa shape index (κ3) is 5.35. The van der Waals surface area contributed by atoms with Gasteiger partial charge in [0.25, 0.3) is 0 Å². The number of rotatable bonds is 7. The van der Waals surface area contributed by atoms with Crippen LogP contribution in [0.15, 0.2) is 64.4 Å². The average Bonchev–Trinajstić information content (AvgIpc) is 2.74. The van der Waals surface area contributed by atoms with E-state index in [2.05, 4.69) is 10.6 Å². The van der Waals surface area contributed by atoms with Gasteiger partial charge in [0.1, 0.15) is 4.90 Å². The molecule has 32 heavy (non-hydrogen) atoms. The van der Waals surface area contributed by atoms with Crippen LogP contribution < -0.4 is 15.4 Å². The van der Waals surface area contributed by atoms with E-state index in [0.717, 1.165) is 11.1 Å². The van der Waals surface area contributed by atoms with Crippen LogP contribution in [0.3, 0.4) is 0 Å². The molecule has 0 heterocycles. The summed E-state index contributed by atoms with van der Waals surface area (Å²) >= 11 is 12.2. The fraction of sp³-hybridized carbons (Fsp3) is 0.174. The summed E-state index contributed by atoms with van der Waals surface area (Å²) in [6.07, 6.45) is 0. The van der Waals surface area contributed by atoms with Crippen molar-refractivity contribution >= 4 is 50.3 Å². The molecule has 9 heteroatoms. The topological polar surface area (TPSA) is 84.5 Å². The zero-order chi connectivity index (χ0) is 23.5. The largest absolute Gasteiger partial charge is 0.493 e. The molecule has 0 aliphatic carbocycles. The highest BCUT2D eigenvalue weighted by Crippen LogP contribution is 2.38. The zero-order valence-electron chi connectivity index (χ0n) is 17.7. The number of carbonyl (C=O) groups excluding carboxylic acids is 1. The van der Waals surface area contributed by atoms with Crippen LogP contribution in [0.5, 0.6) is 5.75 Å². The molecule has 0 aliphatic rings. The minimum Gasteiger partial charge on any atom is -0.493 e. The lowest BCUT2D eigenvalue weighted by Crippen LogP contribution is -2.22. The van der Waals surface area contributed by atoms with Gasteiger partial charge in [-0.3, -0.25) is 4.79 Å². The van der Waals surface area contributed by atoms with Crippen LogP contribution in [0.25, 0.3) is 0 Å². The molecule has 0 fully saturated rings. The molecule has 0 radical (unpaired) electrons. The number of nitrogens with one attached hydrogen (secondary N) is 2. The lowest BCUT2D eigenvalue weighted by Gasteiger charge is -2.16. The summed E-state index contributed by atoms with van der Waals surface area (Å²) in [7, 11) is -2.55. The number of benzene rings is 3. The van der Waals surface area contributed by atoms with Gasteiger partial charge in [-0.1, -0.05) is 47.0 Å². The molecule has 2 N–H and O–H groups in total. The number of aryl methyl sites for hydroxylation is 2. The molecule has 0 unspecified atom stereocenters. The van der Waals surface area contributed by atoms with Crippen molar-refractivity contribution in [3.05, 3.63) is 75.8 Å². The summed E-state index contributed by atoms with van der Waals surface area (Å²) in [5.74, 6) is -0.276. The molecule has 0 bridgehead atoms. The number of halogens is 2. The summed E-state index contributed by atoms with van der Waals surface area (Å²) in [4.78, 5) is 12.5. The van der Waals surface area contributed by atoms with Gasteiger partial charge in [-0.2, -0.15) is 0 Å². The first kappa shape index (κ1) is 23.9. The molecule has 0 atom stereocenters. The fourth-order valence-corrected chi connectivity index (χ4v) is 4.98. The molecule has 0 spiro atoms. The molecule has 1 amide bonds. The Kier molecular flexibility index (Phi) is 7.33. The lowest BCUT2D eigenvalue weighted by atomic mass is 10.2. The monoisotopic (exact) mass is 492 g/mol. The second-order valence-electron chi connectivity index (χ2n) is 7.16. The van der Waals surface area contributed by atoms with Gasteiger partial charge in [-0.15, -0.1) is 0 Å². The second-order valence-corrected chi connectivity index (χ2v) is 9.95. The number of methoxy groups -OCH3 is 1. The first-order valence-corrected chi connectivity index (χ1v) is 11.8. The van der Waals surface area contributed by atoms with Crippen molar-refractivity contribution in [3.63, 3.8) is 0 Å². The molecule has 3 aromatic carbocycles. The van der Waals surface area contributed by atoms with Crippen LogP contribution in [0, 0.1) is 13.8 Å². The van der Waals surface area contributed by atoms with E-state index in [4.69, 9.17) is 27.9 Å². The Morgan fingerprint density at radius 1 is 0.938 bits per heavy atom. The maximum atomic E-state index is 13.2. The van der Waals surface area contributed by atoms with Gasteiger partial charge in [0, 0.05) is 15.7 Å². The number of hydrogen-bond donors (Lipinski definition) is 2. The molecule has 0 saturated carbocycles. The molecule has 3 aromatic rings. The van der Waals surface area contributed by atoms with Crippen molar-refractivity contribution in [2.75, 3.05) is 24.3 Å². The highest BCUT2D eigenvalue weighted by Gasteiger charge is 2.25. The lowest BCUT2D eigenvalue weighted by molar-refractivity contribution is -0.114. The van der Waals surface area contributed by atoms with Gasteiger partial charge >= 0.3 is 0 Å². The molecule has 0 aliphatic heterocycles. The van der Waals surface area contributed by atoms with Crippen LogP contribution in [0.2, 0.25) is 10.0 Å². The molecule has 6 nitrogen and oxygen atoms in total. The van der Waals surface area contributed by atoms with E-state index in [1.54, 1.807) is 30.3 Å². The molecular formula is C23H22Cl2N2O4S. The van der Waals surface area contributed by atoms with Gasteiger partial charge in [-0.05, 0) is 55.8 Å². The predicted octanol–water partition coefficient (Wildman–Crippen LogP) is 5.50. The Morgan fingerprint density at radius 3 is 2.25 bits per heavy atom. The Labute approximate surface area is 197 Å². The highest BCUT2D eigenvalue weighted by molar-refractivity contribution is 7.91. The van der Waals surface area contributed by atoms with Crippen molar-refractivity contribution in [3.8, 4) is 5.75 Å². The minimum absolute atomic E-state index is 0.0710. The van der Waals surface area contributed by atoms with Crippen LogP contribution >= 0.6 is 23.2 Å². The van der Waals surface area contributed by atoms with Crippen molar-refractivity contribution < 1.29 is 17.9 Å². The predicted molar refractivity (Wildman–Crippen MR) is 128 cm³/mol. The summed E-state index contributed by atoms with van der Waals surface area (Å²) < 4.78 is 31.8. The first-order valence-electron chi connectivity index (χ1n) is 9.61. The molecule has 0 aromatic heterocycles. The average molecular weight is 493 g/mol. The third-order valence-electron chi connectivity index (χ3n) is 4.76. The maximum absolute atomic E-state index is 13.2. The van der Waals surface area contributed by atoms with Crippen molar-refractivity contribution in [2.24, 2.45) is 0 Å². The SMILES string of the molecule is COc1c(NCC(=O)Nc2cc(Cl)ccc2C)cc(Cl)cc1S(=O)(=O)c1ccc(C)cc1. The Morgan fingerprint density at radius 2 is 1.59 bits per heavy atom. The standard InChI is InChI=1S/C23H22Cl2N2O4S/c1-14-4-8-18(9-5-14)32(29,30)21-12-17(25)11-20(23(21)31-3)26-13-22(28)27-19-10-16(24)7-6-15(19)2/h4-12,26H,13H2,1-3H3,(H,27,28). The number of ether oxygens (including phenoxy) is 1. The molecule has 3 rings (SSSR count). The van der Waals surface area contributed by atoms with E-state index in [9.17, 15) is 13.2 Å². The Hall–Kier alpha value is -2.74. The highest BCUT2D eigenvalue weighted by atomic mass is 35.5. The normalized spacial score (nSPS) is 11.2. The maximum Gasteiger partial charge on any atom is 0.243 e. The van der Waals surface area contributed by atoms with Gasteiger partial charge in [0.2, 0.25) is 15.7 Å². The summed E-state index contributed by atoms with van der Waals surface area (Å²) in [6, 6.07) is 14.5. The first-order chi connectivity index (χ1) is 15.1. The number of carbonyl (C=O) groups is 1. The van der Waals surface area contributed by atoms with E-state index in [0.29, 0.717) is 10.7 Å². The summed E-state index contributed by atoms with van der Waals surface area (Å²) in [5.41, 5.74) is 2.66. The zero-order valence-corrected chi connectivity index (χ0v) is 20.0. The van der Waals surface area contributed by atoms with Gasteiger partial charge in [0.05, 0.1) is 24.2 Å². The van der Waals surface area contributed by atoms with Crippen LogP contribution in [0.4, 0.5) is 11.4 Å². The van der Waals surface area contributed by atoms with Crippen molar-refractivity contribution in [1.29, 1.82) is 0 Å². The van der Waals surface area contributed by atoms with E-state index in [-0.39, 0.29) is 38.7 Å².